The Morgan fingerprint density at radius 2 is 2.13 bits per heavy atom. The van der Waals surface area contributed by atoms with Crippen LogP contribution in [0.2, 0.25) is 5.02 Å². The summed E-state index contributed by atoms with van der Waals surface area (Å²) in [6.45, 7) is 5.90. The first-order chi connectivity index (χ1) is 15.0. The highest BCUT2D eigenvalue weighted by atomic mass is 35.5. The van der Waals surface area contributed by atoms with E-state index in [1.165, 1.54) is 0 Å². The lowest BCUT2D eigenvalue weighted by molar-refractivity contribution is -0.120. The van der Waals surface area contributed by atoms with E-state index in [-0.39, 0.29) is 12.5 Å². The van der Waals surface area contributed by atoms with Crippen molar-refractivity contribution in [2.45, 2.75) is 13.3 Å². The molecule has 0 unspecified atom stereocenters. The summed E-state index contributed by atoms with van der Waals surface area (Å²) in [4.78, 5) is 21.2. The number of nitrogens with one attached hydrogen (secondary N) is 1. The van der Waals surface area contributed by atoms with Crippen LogP contribution in [0.5, 0.6) is 11.5 Å². The van der Waals surface area contributed by atoms with Gasteiger partial charge in [0.25, 0.3) is 0 Å². The van der Waals surface area contributed by atoms with E-state index in [1.807, 2.05) is 37.2 Å². The molecule has 2 aliphatic rings. The molecule has 0 spiro atoms. The van der Waals surface area contributed by atoms with Crippen LogP contribution in [0.25, 0.3) is 0 Å². The number of hydrogen-bond acceptors (Lipinski definition) is 5. The normalized spacial score (nSPS) is 16.6. The molecule has 1 aromatic carbocycles. The quantitative estimate of drug-likeness (QED) is 0.556. The van der Waals surface area contributed by atoms with Gasteiger partial charge < -0.3 is 24.6 Å². The second-order valence-electron chi connectivity index (χ2n) is 7.43. The van der Waals surface area contributed by atoms with Crippen LogP contribution in [0.3, 0.4) is 0 Å². The highest BCUT2D eigenvalue weighted by Gasteiger charge is 2.27. The largest absolute Gasteiger partial charge is 0.486 e. The molecule has 0 bridgehead atoms. The van der Waals surface area contributed by atoms with Gasteiger partial charge in [0.2, 0.25) is 5.91 Å². The Kier molecular flexibility index (Phi) is 6.50. The van der Waals surface area contributed by atoms with Gasteiger partial charge in [0, 0.05) is 39.4 Å². The number of ether oxygens (including phenoxy) is 2. The first kappa shape index (κ1) is 21.3. The van der Waals surface area contributed by atoms with Crippen LogP contribution in [0.15, 0.2) is 29.5 Å². The second-order valence-corrected chi connectivity index (χ2v) is 7.83. The van der Waals surface area contributed by atoms with Crippen LogP contribution < -0.4 is 19.7 Å². The zero-order valence-electron chi connectivity index (χ0n) is 17.8. The summed E-state index contributed by atoms with van der Waals surface area (Å²) < 4.78 is 12.9. The Morgan fingerprint density at radius 3 is 2.87 bits per heavy atom. The highest BCUT2D eigenvalue weighted by molar-refractivity contribution is 6.32. The van der Waals surface area contributed by atoms with Gasteiger partial charge in [0.05, 0.1) is 16.9 Å². The Morgan fingerprint density at radius 1 is 1.29 bits per heavy atom. The lowest BCUT2D eigenvalue weighted by Gasteiger charge is -2.35. The maximum Gasteiger partial charge on any atom is 0.246 e. The molecule has 9 nitrogen and oxygen atoms in total. The number of halogens is 1. The van der Waals surface area contributed by atoms with Crippen molar-refractivity contribution in [3.05, 3.63) is 35.1 Å². The number of carbonyl (C=O) groups excluding carboxylic acids is 1. The number of aryl methyl sites for hydroxylation is 1. The Balaban J connectivity index is 1.40. The molecule has 0 atom stereocenters. The Labute approximate surface area is 186 Å². The molecule has 2 aliphatic heterocycles. The number of aromatic nitrogens is 2. The van der Waals surface area contributed by atoms with Gasteiger partial charge in [-0.1, -0.05) is 11.6 Å². The number of carbonyl (C=O) groups is 1. The van der Waals surface area contributed by atoms with Crippen LogP contribution >= 0.6 is 11.6 Å². The lowest BCUT2D eigenvalue weighted by Crippen LogP contribution is -2.55. The minimum atomic E-state index is 0.0310. The number of fused-ring (bicyclic) bond motifs is 1. The van der Waals surface area contributed by atoms with E-state index in [4.69, 9.17) is 26.1 Å². The predicted molar refractivity (Wildman–Crippen MR) is 119 cm³/mol. The minimum Gasteiger partial charge on any atom is -0.486 e. The van der Waals surface area contributed by atoms with Crippen molar-refractivity contribution in [2.24, 2.45) is 12.0 Å². The van der Waals surface area contributed by atoms with Gasteiger partial charge in [0.1, 0.15) is 19.8 Å². The molecule has 10 heteroatoms. The van der Waals surface area contributed by atoms with Crippen molar-refractivity contribution in [3.8, 4) is 11.5 Å². The van der Waals surface area contributed by atoms with Crippen molar-refractivity contribution in [1.29, 1.82) is 0 Å². The molecule has 2 aromatic rings. The second kappa shape index (κ2) is 9.47. The number of amides is 1. The van der Waals surface area contributed by atoms with Crippen molar-refractivity contribution in [1.82, 2.24) is 20.0 Å². The Hall–Kier alpha value is -2.94. The van der Waals surface area contributed by atoms with Gasteiger partial charge in [-0.15, -0.1) is 0 Å². The number of nitrogens with zero attached hydrogens (tertiary/aromatic N) is 5. The molecule has 1 saturated heterocycles. The average Bonchev–Trinajstić information content (AvgIpc) is 3.19. The number of anilines is 1. The van der Waals surface area contributed by atoms with Crippen LogP contribution in [0.1, 0.15) is 12.5 Å². The minimum absolute atomic E-state index is 0.0310. The third-order valence-corrected chi connectivity index (χ3v) is 5.46. The topological polar surface area (TPSA) is 84.2 Å². The number of hydrogen-bond donors (Lipinski definition) is 1. The molecule has 166 valence electrons. The summed E-state index contributed by atoms with van der Waals surface area (Å²) in [6, 6.07) is 3.85. The average molecular weight is 447 g/mol. The smallest absolute Gasteiger partial charge is 0.246 e. The summed E-state index contributed by atoms with van der Waals surface area (Å²) in [7, 11) is 1.84. The number of aliphatic imine (C=N–C) groups is 1. The van der Waals surface area contributed by atoms with Gasteiger partial charge in [0.15, 0.2) is 17.5 Å². The lowest BCUT2D eigenvalue weighted by atomic mass is 10.1. The molecule has 4 rings (SSSR count). The standard InChI is InChI=1S/C21H27ClN6O3/c1-3-23-21(27-6-7-28(19(29)14-27)16-12-25-26(2)13-16)24-5-4-15-10-17(22)20-18(11-15)30-8-9-31-20/h10-13H,3-9,14H2,1-2H3,(H,23,24). The summed E-state index contributed by atoms with van der Waals surface area (Å²) >= 11 is 6.33. The SMILES string of the molecule is CCNC(=NCCc1cc(Cl)c2c(c1)OCCO2)N1CCN(c2cnn(C)c2)C(=O)C1. The molecular weight excluding hydrogens is 420 g/mol. The highest BCUT2D eigenvalue weighted by Crippen LogP contribution is 2.38. The van der Waals surface area contributed by atoms with Crippen LogP contribution in [-0.4, -0.2) is 72.5 Å². The third-order valence-electron chi connectivity index (χ3n) is 5.18. The fraction of sp³-hybridized carbons (Fsp3) is 0.476. The zero-order chi connectivity index (χ0) is 21.8. The van der Waals surface area contributed by atoms with Crippen molar-refractivity contribution in [2.75, 3.05) is 50.8 Å². The van der Waals surface area contributed by atoms with Crippen molar-refractivity contribution >= 4 is 29.2 Å². The van der Waals surface area contributed by atoms with E-state index in [0.717, 1.165) is 23.8 Å². The van der Waals surface area contributed by atoms with Gasteiger partial charge in [-0.05, 0) is 31.0 Å². The van der Waals surface area contributed by atoms with Gasteiger partial charge >= 0.3 is 0 Å². The monoisotopic (exact) mass is 446 g/mol. The van der Waals surface area contributed by atoms with E-state index in [2.05, 4.69) is 10.4 Å². The number of benzene rings is 1. The first-order valence-electron chi connectivity index (χ1n) is 10.5. The van der Waals surface area contributed by atoms with Gasteiger partial charge in [-0.3, -0.25) is 14.5 Å². The molecule has 0 aliphatic carbocycles. The third kappa shape index (κ3) is 4.87. The van der Waals surface area contributed by atoms with E-state index >= 15 is 0 Å². The molecule has 0 radical (unpaired) electrons. The maximum absolute atomic E-state index is 12.7. The molecule has 1 fully saturated rings. The molecule has 1 N–H and O–H groups in total. The fourth-order valence-electron chi connectivity index (χ4n) is 3.70. The fourth-order valence-corrected chi connectivity index (χ4v) is 3.99. The molecule has 31 heavy (non-hydrogen) atoms. The summed E-state index contributed by atoms with van der Waals surface area (Å²) in [6.07, 6.45) is 4.27. The molecular formula is C21H27ClN6O3. The molecule has 1 amide bonds. The van der Waals surface area contributed by atoms with Crippen molar-refractivity contribution in [3.63, 3.8) is 0 Å². The van der Waals surface area contributed by atoms with Gasteiger partial charge in [-0.25, -0.2) is 0 Å². The van der Waals surface area contributed by atoms with Crippen molar-refractivity contribution < 1.29 is 14.3 Å². The predicted octanol–water partition coefficient (Wildman–Crippen LogP) is 1.70. The maximum atomic E-state index is 12.7. The first-order valence-corrected chi connectivity index (χ1v) is 10.8. The van der Waals surface area contributed by atoms with Crippen LogP contribution in [0, 0.1) is 0 Å². The van der Waals surface area contributed by atoms with E-state index < -0.39 is 0 Å². The number of rotatable bonds is 5. The van der Waals surface area contributed by atoms with E-state index in [0.29, 0.717) is 55.8 Å². The summed E-state index contributed by atoms with van der Waals surface area (Å²) in [5.41, 5.74) is 1.86. The van der Waals surface area contributed by atoms with Crippen LogP contribution in [-0.2, 0) is 18.3 Å². The summed E-state index contributed by atoms with van der Waals surface area (Å²) in [5, 5.41) is 8.01. The molecule has 3 heterocycles. The summed E-state index contributed by atoms with van der Waals surface area (Å²) in [5.74, 6) is 2.06. The van der Waals surface area contributed by atoms with Crippen LogP contribution in [0.4, 0.5) is 5.69 Å². The molecule has 1 aromatic heterocycles. The van der Waals surface area contributed by atoms with E-state index in [9.17, 15) is 4.79 Å². The van der Waals surface area contributed by atoms with Gasteiger partial charge in [-0.2, -0.15) is 5.10 Å². The molecule has 0 saturated carbocycles. The zero-order valence-corrected chi connectivity index (χ0v) is 18.6. The number of piperazine rings is 1. The van der Waals surface area contributed by atoms with E-state index in [1.54, 1.807) is 15.8 Å². The Bertz CT molecular complexity index is 976. The number of guanidine groups is 1.